The lowest BCUT2D eigenvalue weighted by Gasteiger charge is -2.30. The molecule has 1 nitrogen and oxygen atoms in total. The number of hydrogen-bond donors (Lipinski definition) is 1. The van der Waals surface area contributed by atoms with Crippen molar-refractivity contribution in [2.45, 2.75) is 39.7 Å². The fraction of sp³-hybridized carbons (Fsp3) is 0.538. The summed E-state index contributed by atoms with van der Waals surface area (Å²) in [5.74, 6) is -0.341. The molecule has 16 heavy (non-hydrogen) atoms. The monoisotopic (exact) mass is 243 g/mol. The lowest BCUT2D eigenvalue weighted by Crippen LogP contribution is -2.38. The first-order chi connectivity index (χ1) is 7.38. The van der Waals surface area contributed by atoms with Crippen LogP contribution in [0, 0.1) is 11.2 Å². The summed E-state index contributed by atoms with van der Waals surface area (Å²) in [5, 5.41) is 0.166. The van der Waals surface area contributed by atoms with Gasteiger partial charge in [0.05, 0.1) is 5.02 Å². The van der Waals surface area contributed by atoms with Gasteiger partial charge >= 0.3 is 0 Å². The molecule has 90 valence electrons. The molecule has 1 aromatic carbocycles. The van der Waals surface area contributed by atoms with Gasteiger partial charge in [-0.1, -0.05) is 44.5 Å². The standard InChI is InChI=1S/C13H19ClFN/c1-4-13(2,3)11(16)8-9-6-5-7-10(14)12(9)15/h5-7,11H,4,8,16H2,1-3H3. The van der Waals surface area contributed by atoms with E-state index in [9.17, 15) is 4.39 Å². The molecule has 1 unspecified atom stereocenters. The number of benzene rings is 1. The molecule has 1 rings (SSSR count). The maximum atomic E-state index is 13.7. The van der Waals surface area contributed by atoms with Crippen molar-refractivity contribution in [1.82, 2.24) is 0 Å². The largest absolute Gasteiger partial charge is 0.327 e. The number of rotatable bonds is 4. The Balaban J connectivity index is 2.85. The molecule has 0 heterocycles. The van der Waals surface area contributed by atoms with E-state index in [1.54, 1.807) is 18.2 Å². The lowest BCUT2D eigenvalue weighted by atomic mass is 9.79. The van der Waals surface area contributed by atoms with Gasteiger partial charge in [0.2, 0.25) is 0 Å². The van der Waals surface area contributed by atoms with Crippen molar-refractivity contribution in [2.75, 3.05) is 0 Å². The molecule has 1 atom stereocenters. The molecular formula is C13H19ClFN. The molecule has 0 bridgehead atoms. The molecule has 3 heteroatoms. The summed E-state index contributed by atoms with van der Waals surface area (Å²) < 4.78 is 13.7. The zero-order chi connectivity index (χ0) is 12.3. The Morgan fingerprint density at radius 1 is 1.44 bits per heavy atom. The van der Waals surface area contributed by atoms with Crippen LogP contribution in [0.5, 0.6) is 0 Å². The highest BCUT2D eigenvalue weighted by Crippen LogP contribution is 2.27. The molecule has 2 N–H and O–H groups in total. The van der Waals surface area contributed by atoms with Crippen molar-refractivity contribution < 1.29 is 4.39 Å². The Morgan fingerprint density at radius 2 is 2.06 bits per heavy atom. The fourth-order valence-electron chi connectivity index (χ4n) is 1.48. The van der Waals surface area contributed by atoms with Gasteiger partial charge in [0, 0.05) is 6.04 Å². The van der Waals surface area contributed by atoms with Crippen LogP contribution in [0.1, 0.15) is 32.8 Å². The average Bonchev–Trinajstić information content (AvgIpc) is 2.24. The van der Waals surface area contributed by atoms with Gasteiger partial charge in [-0.2, -0.15) is 0 Å². The highest BCUT2D eigenvalue weighted by atomic mass is 35.5. The minimum absolute atomic E-state index is 0.00869. The summed E-state index contributed by atoms with van der Waals surface area (Å²) in [6.07, 6.45) is 1.49. The van der Waals surface area contributed by atoms with Crippen LogP contribution in [0.2, 0.25) is 5.02 Å². The second-order valence-corrected chi connectivity index (χ2v) is 5.27. The Labute approximate surface area is 102 Å². The zero-order valence-electron chi connectivity index (χ0n) is 10.1. The van der Waals surface area contributed by atoms with Crippen molar-refractivity contribution >= 4 is 11.6 Å². The highest BCUT2D eigenvalue weighted by molar-refractivity contribution is 6.30. The SMILES string of the molecule is CCC(C)(C)C(N)Cc1cccc(Cl)c1F. The minimum Gasteiger partial charge on any atom is -0.327 e. The quantitative estimate of drug-likeness (QED) is 0.856. The van der Waals surface area contributed by atoms with Gasteiger partial charge in [0.1, 0.15) is 5.82 Å². The van der Waals surface area contributed by atoms with Crippen molar-refractivity contribution in [1.29, 1.82) is 0 Å². The Kier molecular flexibility index (Phi) is 4.34. The first-order valence-corrected chi connectivity index (χ1v) is 5.94. The van der Waals surface area contributed by atoms with Gasteiger partial charge in [-0.15, -0.1) is 0 Å². The first kappa shape index (κ1) is 13.5. The van der Waals surface area contributed by atoms with Gasteiger partial charge < -0.3 is 5.73 Å². The third kappa shape index (κ3) is 2.96. The topological polar surface area (TPSA) is 26.0 Å². The van der Waals surface area contributed by atoms with Gasteiger partial charge in [0.25, 0.3) is 0 Å². The summed E-state index contributed by atoms with van der Waals surface area (Å²) in [4.78, 5) is 0. The molecular weight excluding hydrogens is 225 g/mol. The van der Waals surface area contributed by atoms with E-state index in [0.29, 0.717) is 12.0 Å². The normalized spacial score (nSPS) is 13.9. The highest BCUT2D eigenvalue weighted by Gasteiger charge is 2.25. The smallest absolute Gasteiger partial charge is 0.145 e. The van der Waals surface area contributed by atoms with E-state index in [1.807, 2.05) is 0 Å². The second-order valence-electron chi connectivity index (χ2n) is 4.87. The van der Waals surface area contributed by atoms with E-state index in [-0.39, 0.29) is 22.3 Å². The van der Waals surface area contributed by atoms with Gasteiger partial charge in [-0.25, -0.2) is 4.39 Å². The third-order valence-corrected chi connectivity index (χ3v) is 3.68. The van der Waals surface area contributed by atoms with Crippen molar-refractivity contribution in [3.05, 3.63) is 34.6 Å². The Morgan fingerprint density at radius 3 is 2.62 bits per heavy atom. The molecule has 0 radical (unpaired) electrons. The molecule has 0 saturated carbocycles. The maximum Gasteiger partial charge on any atom is 0.145 e. The molecule has 0 aliphatic heterocycles. The van der Waals surface area contributed by atoms with E-state index >= 15 is 0 Å². The van der Waals surface area contributed by atoms with E-state index in [2.05, 4.69) is 20.8 Å². The maximum absolute atomic E-state index is 13.7. The van der Waals surface area contributed by atoms with Crippen molar-refractivity contribution in [3.8, 4) is 0 Å². The number of hydrogen-bond acceptors (Lipinski definition) is 1. The molecule has 0 aliphatic carbocycles. The lowest BCUT2D eigenvalue weighted by molar-refractivity contribution is 0.271. The van der Waals surface area contributed by atoms with Crippen molar-refractivity contribution in [2.24, 2.45) is 11.1 Å². The number of nitrogens with two attached hydrogens (primary N) is 1. The molecule has 0 aliphatic rings. The van der Waals surface area contributed by atoms with Crippen LogP contribution in [0.3, 0.4) is 0 Å². The summed E-state index contributed by atoms with van der Waals surface area (Å²) in [5.41, 5.74) is 6.71. The fourth-order valence-corrected chi connectivity index (χ4v) is 1.68. The zero-order valence-corrected chi connectivity index (χ0v) is 10.8. The third-order valence-electron chi connectivity index (χ3n) is 3.39. The van der Waals surface area contributed by atoms with Gasteiger partial charge in [0.15, 0.2) is 0 Å². The predicted molar refractivity (Wildman–Crippen MR) is 67.2 cm³/mol. The van der Waals surface area contributed by atoms with Crippen LogP contribution in [0.15, 0.2) is 18.2 Å². The van der Waals surface area contributed by atoms with E-state index in [4.69, 9.17) is 17.3 Å². The summed E-state index contributed by atoms with van der Waals surface area (Å²) in [6.45, 7) is 6.29. The molecule has 0 fully saturated rings. The molecule has 1 aromatic rings. The van der Waals surface area contributed by atoms with Crippen LogP contribution in [-0.2, 0) is 6.42 Å². The first-order valence-electron chi connectivity index (χ1n) is 5.57. The van der Waals surface area contributed by atoms with Crippen LogP contribution in [0.25, 0.3) is 0 Å². The Hall–Kier alpha value is -0.600. The van der Waals surface area contributed by atoms with Crippen LogP contribution >= 0.6 is 11.6 Å². The average molecular weight is 244 g/mol. The summed E-state index contributed by atoms with van der Waals surface area (Å²) in [6, 6.07) is 4.99. The molecule has 0 saturated heterocycles. The molecule has 0 amide bonds. The van der Waals surface area contributed by atoms with Crippen LogP contribution in [0.4, 0.5) is 4.39 Å². The van der Waals surface area contributed by atoms with Crippen molar-refractivity contribution in [3.63, 3.8) is 0 Å². The van der Waals surface area contributed by atoms with Gasteiger partial charge in [-0.05, 0) is 29.9 Å². The van der Waals surface area contributed by atoms with Crippen LogP contribution in [-0.4, -0.2) is 6.04 Å². The number of halogens is 2. The molecule has 0 spiro atoms. The van der Waals surface area contributed by atoms with Gasteiger partial charge in [-0.3, -0.25) is 0 Å². The van der Waals surface area contributed by atoms with Crippen LogP contribution < -0.4 is 5.73 Å². The Bertz CT molecular complexity index is 363. The van der Waals surface area contributed by atoms with E-state index in [1.165, 1.54) is 0 Å². The van der Waals surface area contributed by atoms with E-state index in [0.717, 1.165) is 6.42 Å². The van der Waals surface area contributed by atoms with E-state index < -0.39 is 0 Å². The minimum atomic E-state index is -0.341. The molecule has 0 aromatic heterocycles. The second kappa shape index (κ2) is 5.15. The predicted octanol–water partition coefficient (Wildman–Crippen LogP) is 3.79. The summed E-state index contributed by atoms with van der Waals surface area (Å²) >= 11 is 5.73. The summed E-state index contributed by atoms with van der Waals surface area (Å²) in [7, 11) is 0.